The normalized spacial score (nSPS) is 12.4. The van der Waals surface area contributed by atoms with Gasteiger partial charge < -0.3 is 25.6 Å². The van der Waals surface area contributed by atoms with Crippen LogP contribution in [-0.2, 0) is 14.3 Å². The summed E-state index contributed by atoms with van der Waals surface area (Å²) < 4.78 is 18.8. The molecule has 0 radical (unpaired) electrons. The molecule has 2 aromatic rings. The topological polar surface area (TPSA) is 99.8 Å². The molecule has 0 aliphatic heterocycles. The van der Waals surface area contributed by atoms with Crippen molar-refractivity contribution in [1.29, 1.82) is 0 Å². The molecule has 0 aliphatic carbocycles. The number of hydrogen-bond donors (Lipinski definition) is 3. The first-order chi connectivity index (χ1) is 16.8. The third-order valence-electron chi connectivity index (χ3n) is 5.63. The van der Waals surface area contributed by atoms with Gasteiger partial charge in [0, 0.05) is 61.7 Å². The molecule has 8 nitrogen and oxygen atoms in total. The van der Waals surface area contributed by atoms with Crippen molar-refractivity contribution in [2.75, 3.05) is 45.1 Å². The summed E-state index contributed by atoms with van der Waals surface area (Å²) in [5, 5.41) is 8.76. The number of nitrogens with zero attached hydrogens (tertiary/aromatic N) is 1. The number of likely N-dealkylation sites (N-methyl/N-ethyl adjacent to an activating group) is 1. The molecule has 0 saturated carbocycles. The number of alkyl halides is 1. The molecule has 3 N–H and O–H groups in total. The van der Waals surface area contributed by atoms with Crippen LogP contribution in [0.25, 0.3) is 0 Å². The second kappa shape index (κ2) is 14.3. The molecule has 0 fully saturated rings. The summed E-state index contributed by atoms with van der Waals surface area (Å²) >= 11 is 6.12. The Hall–Kier alpha value is -3.17. The van der Waals surface area contributed by atoms with Gasteiger partial charge >= 0.3 is 0 Å². The standard InChI is InChI=1S/C25H32ClFN4O4/c1-28-19-9-6-17(7-10-19)24(33)30-22(12-13-27)25(34)31(2)14-4-5-23(35-3)20-15-18(26)8-11-21(20)29-16-32/h6-11,15-16,22-23,28H,4-5,12-14H2,1-3H3,(H,29,32)(H,30,33). The molecule has 0 spiro atoms. The van der Waals surface area contributed by atoms with Crippen LogP contribution in [0.3, 0.4) is 0 Å². The Bertz CT molecular complexity index is 990. The van der Waals surface area contributed by atoms with E-state index in [1.54, 1.807) is 63.7 Å². The lowest BCUT2D eigenvalue weighted by molar-refractivity contribution is -0.132. The van der Waals surface area contributed by atoms with Crippen LogP contribution in [0.4, 0.5) is 15.8 Å². The minimum absolute atomic E-state index is 0.118. The minimum Gasteiger partial charge on any atom is -0.388 e. The first kappa shape index (κ1) is 28.1. The minimum atomic E-state index is -0.976. The van der Waals surface area contributed by atoms with Crippen molar-refractivity contribution >= 4 is 41.2 Å². The Balaban J connectivity index is 1.98. The van der Waals surface area contributed by atoms with Gasteiger partial charge in [0.1, 0.15) is 6.04 Å². The molecule has 3 amide bonds. The predicted molar refractivity (Wildman–Crippen MR) is 136 cm³/mol. The Labute approximate surface area is 210 Å². The highest BCUT2D eigenvalue weighted by Crippen LogP contribution is 2.31. The fourth-order valence-electron chi connectivity index (χ4n) is 3.68. The fourth-order valence-corrected chi connectivity index (χ4v) is 3.86. The van der Waals surface area contributed by atoms with Crippen molar-refractivity contribution in [3.63, 3.8) is 0 Å². The number of rotatable bonds is 14. The van der Waals surface area contributed by atoms with Crippen LogP contribution in [0.15, 0.2) is 42.5 Å². The number of anilines is 2. The lowest BCUT2D eigenvalue weighted by atomic mass is 10.0. The molecule has 35 heavy (non-hydrogen) atoms. The number of amides is 3. The molecule has 2 atom stereocenters. The molecule has 0 bridgehead atoms. The van der Waals surface area contributed by atoms with E-state index in [9.17, 15) is 18.8 Å². The summed E-state index contributed by atoms with van der Waals surface area (Å²) in [7, 11) is 4.94. The average molecular weight is 507 g/mol. The van der Waals surface area contributed by atoms with Crippen LogP contribution in [-0.4, -0.2) is 63.6 Å². The summed E-state index contributed by atoms with van der Waals surface area (Å²) in [6, 6.07) is 10.9. The van der Waals surface area contributed by atoms with Crippen LogP contribution in [0.5, 0.6) is 0 Å². The van der Waals surface area contributed by atoms with Crippen LogP contribution >= 0.6 is 11.6 Å². The van der Waals surface area contributed by atoms with Crippen LogP contribution in [0.2, 0.25) is 5.02 Å². The molecule has 2 aromatic carbocycles. The number of hydrogen-bond acceptors (Lipinski definition) is 5. The van der Waals surface area contributed by atoms with Gasteiger partial charge in [-0.05, 0) is 55.3 Å². The number of halogens is 2. The van der Waals surface area contributed by atoms with E-state index in [4.69, 9.17) is 16.3 Å². The maximum absolute atomic E-state index is 13.2. The SMILES string of the molecule is CNc1ccc(C(=O)NC(CCF)C(=O)N(C)CCCC(OC)c2cc(Cl)ccc2NC=O)cc1. The van der Waals surface area contributed by atoms with Crippen LogP contribution in [0, 0.1) is 0 Å². The molecular formula is C25H32ClFN4O4. The van der Waals surface area contributed by atoms with Gasteiger partial charge in [0.15, 0.2) is 0 Å². The van der Waals surface area contributed by atoms with Crippen molar-refractivity contribution in [2.24, 2.45) is 0 Å². The fraction of sp³-hybridized carbons (Fsp3) is 0.400. The van der Waals surface area contributed by atoms with Crippen LogP contribution in [0.1, 0.15) is 41.3 Å². The second-order valence-electron chi connectivity index (χ2n) is 7.95. The van der Waals surface area contributed by atoms with E-state index >= 15 is 0 Å². The van der Waals surface area contributed by atoms with Gasteiger partial charge in [0.25, 0.3) is 5.91 Å². The highest BCUT2D eigenvalue weighted by atomic mass is 35.5. The lowest BCUT2D eigenvalue weighted by Crippen LogP contribution is -2.47. The number of carbonyl (C=O) groups excluding carboxylic acids is 3. The maximum atomic E-state index is 13.2. The van der Waals surface area contributed by atoms with E-state index in [0.29, 0.717) is 42.1 Å². The van der Waals surface area contributed by atoms with Gasteiger partial charge in [0.05, 0.1) is 12.8 Å². The van der Waals surface area contributed by atoms with E-state index in [2.05, 4.69) is 16.0 Å². The lowest BCUT2D eigenvalue weighted by Gasteiger charge is -2.25. The zero-order valence-electron chi connectivity index (χ0n) is 20.1. The quantitative estimate of drug-likeness (QED) is 0.336. The van der Waals surface area contributed by atoms with E-state index in [0.717, 1.165) is 11.3 Å². The zero-order chi connectivity index (χ0) is 25.8. The van der Waals surface area contributed by atoms with E-state index < -0.39 is 18.6 Å². The van der Waals surface area contributed by atoms with Gasteiger partial charge in [-0.1, -0.05) is 11.6 Å². The summed E-state index contributed by atoms with van der Waals surface area (Å²) in [4.78, 5) is 37.9. The smallest absolute Gasteiger partial charge is 0.251 e. The van der Waals surface area contributed by atoms with Gasteiger partial charge in [-0.15, -0.1) is 0 Å². The maximum Gasteiger partial charge on any atom is 0.251 e. The average Bonchev–Trinajstić information content (AvgIpc) is 2.87. The Kier molecular flexibility index (Phi) is 11.5. The first-order valence-electron chi connectivity index (χ1n) is 11.3. The first-order valence-corrected chi connectivity index (χ1v) is 11.6. The highest BCUT2D eigenvalue weighted by Gasteiger charge is 2.25. The summed E-state index contributed by atoms with van der Waals surface area (Å²) in [5.74, 6) is -0.814. The second-order valence-corrected chi connectivity index (χ2v) is 8.39. The highest BCUT2D eigenvalue weighted by molar-refractivity contribution is 6.30. The number of ether oxygens (including phenoxy) is 1. The summed E-state index contributed by atoms with van der Waals surface area (Å²) in [5.41, 5.74) is 2.55. The predicted octanol–water partition coefficient (Wildman–Crippen LogP) is 4.03. The third kappa shape index (κ3) is 8.22. The van der Waals surface area contributed by atoms with Crippen LogP contribution < -0.4 is 16.0 Å². The number of carbonyl (C=O) groups is 3. The Morgan fingerprint density at radius 3 is 2.49 bits per heavy atom. The van der Waals surface area contributed by atoms with Gasteiger partial charge in [-0.2, -0.15) is 0 Å². The van der Waals surface area contributed by atoms with Gasteiger partial charge in [-0.25, -0.2) is 0 Å². The van der Waals surface area contributed by atoms with E-state index in [1.807, 2.05) is 0 Å². The molecule has 2 rings (SSSR count). The van der Waals surface area contributed by atoms with Gasteiger partial charge in [-0.3, -0.25) is 18.8 Å². The Morgan fingerprint density at radius 1 is 1.17 bits per heavy atom. The Morgan fingerprint density at radius 2 is 1.89 bits per heavy atom. The van der Waals surface area contributed by atoms with Crippen molar-refractivity contribution in [2.45, 2.75) is 31.4 Å². The molecule has 2 unspecified atom stereocenters. The van der Waals surface area contributed by atoms with Gasteiger partial charge in [0.2, 0.25) is 12.3 Å². The molecule has 0 aliphatic rings. The number of benzene rings is 2. The molecule has 0 aromatic heterocycles. The van der Waals surface area contributed by atoms with Crippen molar-refractivity contribution in [1.82, 2.24) is 10.2 Å². The summed E-state index contributed by atoms with van der Waals surface area (Å²) in [6.07, 6.45) is 1.21. The molecule has 190 valence electrons. The molecule has 0 heterocycles. The van der Waals surface area contributed by atoms with E-state index in [-0.39, 0.29) is 18.4 Å². The van der Waals surface area contributed by atoms with Crippen molar-refractivity contribution in [3.05, 3.63) is 58.6 Å². The van der Waals surface area contributed by atoms with E-state index in [1.165, 1.54) is 4.90 Å². The molecule has 0 saturated heterocycles. The number of nitrogens with one attached hydrogen (secondary N) is 3. The third-order valence-corrected chi connectivity index (χ3v) is 5.87. The summed E-state index contributed by atoms with van der Waals surface area (Å²) in [6.45, 7) is -0.374. The van der Waals surface area contributed by atoms with Crippen molar-refractivity contribution in [3.8, 4) is 0 Å². The molecule has 10 heteroatoms. The monoisotopic (exact) mass is 506 g/mol. The zero-order valence-corrected chi connectivity index (χ0v) is 20.9. The molecular weight excluding hydrogens is 475 g/mol. The largest absolute Gasteiger partial charge is 0.388 e. The number of methoxy groups -OCH3 is 1. The van der Waals surface area contributed by atoms with Crippen molar-refractivity contribution < 1.29 is 23.5 Å².